The van der Waals surface area contributed by atoms with E-state index in [2.05, 4.69) is 20.7 Å². The van der Waals surface area contributed by atoms with Gasteiger partial charge in [-0.15, -0.1) is 0 Å². The molecule has 2 aromatic carbocycles. The van der Waals surface area contributed by atoms with Gasteiger partial charge in [-0.3, -0.25) is 14.3 Å². The van der Waals surface area contributed by atoms with Gasteiger partial charge in [-0.25, -0.2) is 13.8 Å². The number of hydrogen-bond acceptors (Lipinski definition) is 4. The molecular formula is C25H15ClF5N5O2. The van der Waals surface area contributed by atoms with Gasteiger partial charge in [-0.1, -0.05) is 11.6 Å². The van der Waals surface area contributed by atoms with Gasteiger partial charge in [0, 0.05) is 40.5 Å². The summed E-state index contributed by atoms with van der Waals surface area (Å²) in [5.41, 5.74) is -1.16. The van der Waals surface area contributed by atoms with E-state index >= 15 is 0 Å². The second kappa shape index (κ2) is 9.21. The van der Waals surface area contributed by atoms with E-state index in [0.717, 1.165) is 12.1 Å². The fourth-order valence-electron chi connectivity index (χ4n) is 4.14. The highest BCUT2D eigenvalue weighted by molar-refractivity contribution is 6.31. The first-order valence-electron chi connectivity index (χ1n) is 10.9. The SMILES string of the molecule is Cn1cc(-c2cc(NC(=O)c3cc(F)cc(C(F)(F)F)c3)c3c(n2)C(=O)N[C@H]3c2cc(F)ccc2Cl)cn1. The van der Waals surface area contributed by atoms with Gasteiger partial charge in [0.15, 0.2) is 0 Å². The molecule has 2 aromatic heterocycles. The highest BCUT2D eigenvalue weighted by Gasteiger charge is 2.37. The normalized spacial score (nSPS) is 14.8. The molecule has 38 heavy (non-hydrogen) atoms. The highest BCUT2D eigenvalue weighted by atomic mass is 35.5. The summed E-state index contributed by atoms with van der Waals surface area (Å²) in [6, 6.07) is 5.28. The monoisotopic (exact) mass is 547 g/mol. The maximum Gasteiger partial charge on any atom is 0.416 e. The number of benzene rings is 2. The zero-order chi connectivity index (χ0) is 27.4. The molecule has 13 heteroatoms. The molecule has 0 fully saturated rings. The fraction of sp³-hybridized carbons (Fsp3) is 0.120. The van der Waals surface area contributed by atoms with Gasteiger partial charge in [0.25, 0.3) is 11.8 Å². The maximum absolute atomic E-state index is 14.1. The smallest absolute Gasteiger partial charge is 0.340 e. The van der Waals surface area contributed by atoms with Gasteiger partial charge in [-0.05, 0) is 42.5 Å². The van der Waals surface area contributed by atoms with Crippen molar-refractivity contribution < 1.29 is 31.5 Å². The Morgan fingerprint density at radius 1 is 1.11 bits per heavy atom. The van der Waals surface area contributed by atoms with Crippen molar-refractivity contribution in [2.75, 3.05) is 5.32 Å². The summed E-state index contributed by atoms with van der Waals surface area (Å²) in [5.74, 6) is -3.64. The number of carbonyl (C=O) groups excluding carboxylic acids is 2. The Bertz CT molecular complexity index is 1620. The first kappa shape index (κ1) is 25.3. The predicted octanol–water partition coefficient (Wildman–Crippen LogP) is 5.52. The Morgan fingerprint density at radius 3 is 2.55 bits per heavy atom. The molecule has 0 saturated carbocycles. The zero-order valence-corrected chi connectivity index (χ0v) is 20.0. The summed E-state index contributed by atoms with van der Waals surface area (Å²) in [6.45, 7) is 0. The Kier molecular flexibility index (Phi) is 6.14. The Labute approximate surface area is 216 Å². The van der Waals surface area contributed by atoms with Crippen molar-refractivity contribution in [2.45, 2.75) is 12.2 Å². The number of anilines is 1. The predicted molar refractivity (Wildman–Crippen MR) is 127 cm³/mol. The van der Waals surface area contributed by atoms with Crippen LogP contribution in [0.4, 0.5) is 27.6 Å². The van der Waals surface area contributed by atoms with Gasteiger partial charge in [0.05, 0.1) is 29.2 Å². The molecule has 0 bridgehead atoms. The second-order valence-corrected chi connectivity index (χ2v) is 8.88. The third-order valence-corrected chi connectivity index (χ3v) is 6.19. The van der Waals surface area contributed by atoms with Crippen LogP contribution in [0, 0.1) is 11.6 Å². The highest BCUT2D eigenvalue weighted by Crippen LogP contribution is 2.40. The van der Waals surface area contributed by atoms with Crippen molar-refractivity contribution >= 4 is 29.1 Å². The molecule has 4 aromatic rings. The van der Waals surface area contributed by atoms with Crippen LogP contribution in [0.2, 0.25) is 5.02 Å². The van der Waals surface area contributed by atoms with Crippen molar-refractivity contribution in [2.24, 2.45) is 7.05 Å². The minimum Gasteiger partial charge on any atom is -0.340 e. The largest absolute Gasteiger partial charge is 0.416 e. The lowest BCUT2D eigenvalue weighted by atomic mass is 9.97. The molecule has 194 valence electrons. The number of amides is 2. The number of halogens is 6. The minimum atomic E-state index is -4.89. The van der Waals surface area contributed by atoms with Crippen LogP contribution in [-0.4, -0.2) is 26.6 Å². The summed E-state index contributed by atoms with van der Waals surface area (Å²) in [4.78, 5) is 30.4. The van der Waals surface area contributed by atoms with E-state index in [0.29, 0.717) is 17.7 Å². The van der Waals surface area contributed by atoms with Gasteiger partial charge in [0.2, 0.25) is 0 Å². The van der Waals surface area contributed by atoms with Gasteiger partial charge in [-0.2, -0.15) is 18.3 Å². The summed E-state index contributed by atoms with van der Waals surface area (Å²) in [6.07, 6.45) is -1.84. The molecule has 0 spiro atoms. The number of pyridine rings is 1. The lowest BCUT2D eigenvalue weighted by Crippen LogP contribution is -2.21. The van der Waals surface area contributed by atoms with Crippen molar-refractivity contribution in [1.82, 2.24) is 20.1 Å². The number of rotatable bonds is 4. The molecule has 0 aliphatic carbocycles. The van der Waals surface area contributed by atoms with E-state index in [1.165, 1.54) is 23.0 Å². The van der Waals surface area contributed by atoms with E-state index in [-0.39, 0.29) is 39.3 Å². The van der Waals surface area contributed by atoms with Crippen molar-refractivity contribution in [3.63, 3.8) is 0 Å². The van der Waals surface area contributed by atoms with Crippen LogP contribution in [0.1, 0.15) is 43.6 Å². The van der Waals surface area contributed by atoms with Crippen LogP contribution in [-0.2, 0) is 13.2 Å². The minimum absolute atomic E-state index is 0.0275. The van der Waals surface area contributed by atoms with Crippen LogP contribution in [0.25, 0.3) is 11.3 Å². The lowest BCUT2D eigenvalue weighted by molar-refractivity contribution is -0.137. The van der Waals surface area contributed by atoms with Crippen LogP contribution in [0.15, 0.2) is 54.9 Å². The maximum atomic E-state index is 14.1. The quantitative estimate of drug-likeness (QED) is 0.329. The van der Waals surface area contributed by atoms with Gasteiger partial charge >= 0.3 is 6.18 Å². The third kappa shape index (κ3) is 4.70. The van der Waals surface area contributed by atoms with E-state index in [9.17, 15) is 31.5 Å². The number of nitrogens with one attached hydrogen (secondary N) is 2. The Hall–Kier alpha value is -4.32. The van der Waals surface area contributed by atoms with Crippen molar-refractivity contribution in [3.05, 3.63) is 99.5 Å². The Morgan fingerprint density at radius 2 is 1.87 bits per heavy atom. The second-order valence-electron chi connectivity index (χ2n) is 8.47. The average molecular weight is 548 g/mol. The van der Waals surface area contributed by atoms with E-state index in [1.807, 2.05) is 0 Å². The molecule has 2 amide bonds. The number of nitrogens with zero attached hydrogens (tertiary/aromatic N) is 3. The lowest BCUT2D eigenvalue weighted by Gasteiger charge is -2.18. The van der Waals surface area contributed by atoms with E-state index < -0.39 is 46.8 Å². The van der Waals surface area contributed by atoms with E-state index in [4.69, 9.17) is 11.6 Å². The number of aromatic nitrogens is 3. The third-order valence-electron chi connectivity index (χ3n) is 5.84. The average Bonchev–Trinajstić information content (AvgIpc) is 3.43. The molecule has 1 aliphatic rings. The summed E-state index contributed by atoms with van der Waals surface area (Å²) < 4.78 is 69.2. The van der Waals surface area contributed by atoms with Crippen LogP contribution >= 0.6 is 11.6 Å². The summed E-state index contributed by atoms with van der Waals surface area (Å²) in [7, 11) is 1.65. The number of alkyl halides is 3. The van der Waals surface area contributed by atoms with Crippen LogP contribution in [0.5, 0.6) is 0 Å². The summed E-state index contributed by atoms with van der Waals surface area (Å²) >= 11 is 6.27. The van der Waals surface area contributed by atoms with Crippen LogP contribution < -0.4 is 10.6 Å². The molecule has 0 unspecified atom stereocenters. The molecule has 5 rings (SSSR count). The number of carbonyl (C=O) groups is 2. The standard InChI is InChI=1S/C25H15ClF5N5O2/c1-36-10-12(9-32-36)18-8-19(34-23(37)11-4-13(25(29,30)31)6-15(28)5-11)20-21(35-24(38)22(20)33-18)16-7-14(27)2-3-17(16)26/h2-10,21H,1H3,(H,35,38)(H,33,34,37)/t21-/m0/s1. The van der Waals surface area contributed by atoms with Crippen LogP contribution in [0.3, 0.4) is 0 Å². The first-order chi connectivity index (χ1) is 17.9. The fourth-order valence-corrected chi connectivity index (χ4v) is 4.37. The Balaban J connectivity index is 1.65. The zero-order valence-electron chi connectivity index (χ0n) is 19.2. The topological polar surface area (TPSA) is 88.9 Å². The van der Waals surface area contributed by atoms with Crippen molar-refractivity contribution in [1.29, 1.82) is 0 Å². The molecule has 2 N–H and O–H groups in total. The van der Waals surface area contributed by atoms with Gasteiger partial charge < -0.3 is 10.6 Å². The molecule has 1 atom stereocenters. The number of aryl methyl sites for hydroxylation is 1. The molecular weight excluding hydrogens is 533 g/mol. The van der Waals surface area contributed by atoms with E-state index in [1.54, 1.807) is 13.2 Å². The molecule has 0 radical (unpaired) electrons. The molecule has 0 saturated heterocycles. The van der Waals surface area contributed by atoms with Crippen molar-refractivity contribution in [3.8, 4) is 11.3 Å². The molecule has 7 nitrogen and oxygen atoms in total. The van der Waals surface area contributed by atoms with Gasteiger partial charge in [0.1, 0.15) is 17.3 Å². The first-order valence-corrected chi connectivity index (χ1v) is 11.3. The number of fused-ring (bicyclic) bond motifs is 1. The summed E-state index contributed by atoms with van der Waals surface area (Å²) in [5, 5.41) is 9.27. The molecule has 3 heterocycles. The number of hydrogen-bond donors (Lipinski definition) is 2. The molecule has 1 aliphatic heterocycles.